The summed E-state index contributed by atoms with van der Waals surface area (Å²) in [6.45, 7) is 0. The Labute approximate surface area is 105 Å². The van der Waals surface area contributed by atoms with Crippen molar-refractivity contribution in [3.05, 3.63) is 16.4 Å². The van der Waals surface area contributed by atoms with Crippen LogP contribution in [-0.4, -0.2) is 42.1 Å². The van der Waals surface area contributed by atoms with Crippen LogP contribution in [0, 0.1) is 10.1 Å². The van der Waals surface area contributed by atoms with E-state index in [2.05, 4.69) is 30.8 Å². The fraction of sp³-hybridized carbons (Fsp3) is 0.286. The molecule has 0 spiro atoms. The first-order chi connectivity index (χ1) is 8.63. The molecule has 0 fully saturated rings. The summed E-state index contributed by atoms with van der Waals surface area (Å²) in [5.74, 6) is 0.146. The number of rotatable bonds is 4. The molecule has 0 aliphatic carbocycles. The van der Waals surface area contributed by atoms with Gasteiger partial charge in [-0.15, -0.1) is 5.10 Å². The smallest absolute Gasteiger partial charge is 0.343 e. The van der Waals surface area contributed by atoms with E-state index in [-0.39, 0.29) is 16.5 Å². The third-order valence-corrected chi connectivity index (χ3v) is 3.00. The van der Waals surface area contributed by atoms with Gasteiger partial charge in [-0.05, 0) is 22.2 Å². The number of anilines is 1. The van der Waals surface area contributed by atoms with Gasteiger partial charge in [0.25, 0.3) is 0 Å². The molecule has 0 saturated carbocycles. The van der Waals surface area contributed by atoms with E-state index in [9.17, 15) is 10.1 Å². The Morgan fingerprint density at radius 1 is 1.50 bits per heavy atom. The van der Waals surface area contributed by atoms with E-state index >= 15 is 0 Å². The van der Waals surface area contributed by atoms with Gasteiger partial charge in [0.2, 0.25) is 11.0 Å². The van der Waals surface area contributed by atoms with E-state index in [1.165, 1.54) is 11.0 Å². The van der Waals surface area contributed by atoms with Gasteiger partial charge in [0, 0.05) is 14.1 Å². The molecule has 2 heterocycles. The Bertz CT molecular complexity index is 585. The SMILES string of the molecule is CNc1ncnc(Sc2nnnn2C)c1[N+](=O)[O-]. The molecule has 11 heteroatoms. The zero-order valence-corrected chi connectivity index (χ0v) is 10.2. The van der Waals surface area contributed by atoms with Gasteiger partial charge in [0.15, 0.2) is 5.03 Å². The number of tetrazole rings is 1. The number of nitro groups is 1. The summed E-state index contributed by atoms with van der Waals surface area (Å²) in [5.41, 5.74) is -0.201. The van der Waals surface area contributed by atoms with Gasteiger partial charge in [0.05, 0.1) is 4.92 Å². The molecule has 0 saturated heterocycles. The molecule has 0 aliphatic rings. The Balaban J connectivity index is 2.44. The molecule has 0 aromatic carbocycles. The molecule has 1 N–H and O–H groups in total. The first kappa shape index (κ1) is 12.2. The lowest BCUT2D eigenvalue weighted by Crippen LogP contribution is -2.03. The minimum Gasteiger partial charge on any atom is -0.367 e. The summed E-state index contributed by atoms with van der Waals surface area (Å²) in [5, 5.41) is 25.1. The van der Waals surface area contributed by atoms with E-state index in [1.54, 1.807) is 14.1 Å². The van der Waals surface area contributed by atoms with Crippen LogP contribution in [0.1, 0.15) is 0 Å². The molecule has 0 atom stereocenters. The lowest BCUT2D eigenvalue weighted by atomic mass is 10.5. The zero-order valence-electron chi connectivity index (χ0n) is 9.43. The Morgan fingerprint density at radius 3 is 2.83 bits per heavy atom. The minimum atomic E-state index is -0.544. The lowest BCUT2D eigenvalue weighted by Gasteiger charge is -2.03. The van der Waals surface area contributed by atoms with Crippen LogP contribution in [0.25, 0.3) is 0 Å². The maximum Gasteiger partial charge on any atom is 0.343 e. The topological polar surface area (TPSA) is 125 Å². The summed E-state index contributed by atoms with van der Waals surface area (Å²) >= 11 is 0.999. The molecule has 2 aromatic heterocycles. The highest BCUT2D eigenvalue weighted by atomic mass is 32.2. The highest BCUT2D eigenvalue weighted by Gasteiger charge is 2.24. The van der Waals surface area contributed by atoms with Gasteiger partial charge in [-0.25, -0.2) is 14.6 Å². The lowest BCUT2D eigenvalue weighted by molar-refractivity contribution is -0.387. The van der Waals surface area contributed by atoms with Crippen LogP contribution < -0.4 is 5.32 Å². The summed E-state index contributed by atoms with van der Waals surface area (Å²) in [7, 11) is 3.18. The predicted octanol–water partition coefficient (Wildman–Crippen LogP) is 0.101. The van der Waals surface area contributed by atoms with Gasteiger partial charge in [-0.2, -0.15) is 0 Å². The van der Waals surface area contributed by atoms with Crippen molar-refractivity contribution in [3.8, 4) is 0 Å². The number of hydrogen-bond donors (Lipinski definition) is 1. The zero-order chi connectivity index (χ0) is 13.1. The molecule has 2 aromatic rings. The van der Waals surface area contributed by atoms with Crippen LogP contribution in [0.4, 0.5) is 11.5 Å². The third kappa shape index (κ3) is 2.20. The normalized spacial score (nSPS) is 10.3. The van der Waals surface area contributed by atoms with Crippen molar-refractivity contribution >= 4 is 23.3 Å². The van der Waals surface area contributed by atoms with Crippen molar-refractivity contribution in [2.45, 2.75) is 10.2 Å². The average molecular weight is 268 g/mol. The Hall–Kier alpha value is -2.30. The summed E-state index contributed by atoms with van der Waals surface area (Å²) in [4.78, 5) is 18.2. The second kappa shape index (κ2) is 4.91. The molecule has 0 bridgehead atoms. The number of aryl methyl sites for hydroxylation is 1. The molecule has 0 unspecified atom stereocenters. The van der Waals surface area contributed by atoms with Gasteiger partial charge in [0.1, 0.15) is 6.33 Å². The molecule has 18 heavy (non-hydrogen) atoms. The van der Waals surface area contributed by atoms with Crippen molar-refractivity contribution < 1.29 is 4.92 Å². The molecule has 0 radical (unpaired) electrons. The Kier molecular flexibility index (Phi) is 3.32. The number of hydrogen-bond acceptors (Lipinski definition) is 9. The number of nitrogens with zero attached hydrogens (tertiary/aromatic N) is 7. The highest BCUT2D eigenvalue weighted by molar-refractivity contribution is 7.99. The molecule has 2 rings (SSSR count). The molecular formula is C7H8N8O2S. The van der Waals surface area contributed by atoms with E-state index in [1.807, 2.05) is 0 Å². The predicted molar refractivity (Wildman–Crippen MR) is 61.2 cm³/mol. The summed E-state index contributed by atoms with van der Waals surface area (Å²) < 4.78 is 1.40. The van der Waals surface area contributed by atoms with E-state index in [4.69, 9.17) is 0 Å². The first-order valence-electron chi connectivity index (χ1n) is 4.71. The second-order valence-corrected chi connectivity index (χ2v) is 4.03. The third-order valence-electron chi connectivity index (χ3n) is 1.98. The number of nitrogens with one attached hydrogen (secondary N) is 1. The molecular weight excluding hydrogens is 260 g/mol. The van der Waals surface area contributed by atoms with Crippen molar-refractivity contribution in [2.24, 2.45) is 7.05 Å². The van der Waals surface area contributed by atoms with Crippen LogP contribution in [0.15, 0.2) is 16.5 Å². The fourth-order valence-corrected chi connectivity index (χ4v) is 1.97. The van der Waals surface area contributed by atoms with Gasteiger partial charge in [-0.3, -0.25) is 10.1 Å². The maximum atomic E-state index is 11.0. The van der Waals surface area contributed by atoms with Crippen molar-refractivity contribution in [1.29, 1.82) is 0 Å². The van der Waals surface area contributed by atoms with Crippen LogP contribution in [0.2, 0.25) is 0 Å². The quantitative estimate of drug-likeness (QED) is 0.466. The van der Waals surface area contributed by atoms with E-state index in [0.717, 1.165) is 11.8 Å². The van der Waals surface area contributed by atoms with Crippen LogP contribution in [0.5, 0.6) is 0 Å². The largest absolute Gasteiger partial charge is 0.367 e. The summed E-state index contributed by atoms with van der Waals surface area (Å²) in [6, 6.07) is 0. The molecule has 10 nitrogen and oxygen atoms in total. The maximum absolute atomic E-state index is 11.0. The summed E-state index contributed by atoms with van der Waals surface area (Å²) in [6.07, 6.45) is 1.24. The first-order valence-corrected chi connectivity index (χ1v) is 5.52. The monoisotopic (exact) mass is 268 g/mol. The standard InChI is InChI=1S/C7H8N8O2S/c1-8-5-4(15(16)17)6(10-3-9-5)18-7-11-12-13-14(7)2/h3H,1-2H3,(H,8,9,10). The minimum absolute atomic E-state index is 0.146. The number of aromatic nitrogens is 6. The Morgan fingerprint density at radius 2 is 2.28 bits per heavy atom. The van der Waals surface area contributed by atoms with Crippen molar-refractivity contribution in [1.82, 2.24) is 30.2 Å². The van der Waals surface area contributed by atoms with Gasteiger partial charge in [-0.1, -0.05) is 0 Å². The molecule has 0 aliphatic heterocycles. The molecule has 94 valence electrons. The molecule has 0 amide bonds. The van der Waals surface area contributed by atoms with Crippen LogP contribution in [0.3, 0.4) is 0 Å². The van der Waals surface area contributed by atoms with Crippen molar-refractivity contribution in [3.63, 3.8) is 0 Å². The van der Waals surface area contributed by atoms with Gasteiger partial charge < -0.3 is 5.32 Å². The average Bonchev–Trinajstić information content (AvgIpc) is 2.74. The van der Waals surface area contributed by atoms with E-state index < -0.39 is 4.92 Å². The van der Waals surface area contributed by atoms with Crippen LogP contribution >= 0.6 is 11.8 Å². The van der Waals surface area contributed by atoms with E-state index in [0.29, 0.717) is 5.16 Å². The van der Waals surface area contributed by atoms with Gasteiger partial charge >= 0.3 is 5.69 Å². The van der Waals surface area contributed by atoms with Crippen molar-refractivity contribution in [2.75, 3.05) is 12.4 Å². The second-order valence-electron chi connectivity index (χ2n) is 3.07. The van der Waals surface area contributed by atoms with Crippen LogP contribution in [-0.2, 0) is 7.05 Å². The fourth-order valence-electron chi connectivity index (χ4n) is 1.18. The highest BCUT2D eigenvalue weighted by Crippen LogP contribution is 2.34.